The van der Waals surface area contributed by atoms with Gasteiger partial charge in [0, 0.05) is 22.1 Å². The van der Waals surface area contributed by atoms with Crippen LogP contribution in [0.3, 0.4) is 0 Å². The molecule has 1 heterocycles. The number of aromatic nitrogens is 1. The molecule has 1 atom stereocenters. The predicted octanol–water partition coefficient (Wildman–Crippen LogP) is 3.64. The summed E-state index contributed by atoms with van der Waals surface area (Å²) in [4.78, 5) is 13.5. The number of rotatable bonds is 4. The van der Waals surface area contributed by atoms with Gasteiger partial charge >= 0.3 is 5.97 Å². The molecule has 6 heteroatoms. The first-order valence-electron chi connectivity index (χ1n) is 5.25. The fourth-order valence-electron chi connectivity index (χ4n) is 1.95. The Balaban J connectivity index is 2.47. The van der Waals surface area contributed by atoms with Crippen molar-refractivity contribution in [2.45, 2.75) is 18.8 Å². The largest absolute Gasteiger partial charge is 0.481 e. The highest BCUT2D eigenvalue weighted by molar-refractivity contribution is 6.31. The van der Waals surface area contributed by atoms with E-state index in [9.17, 15) is 13.6 Å². The Bertz CT molecular complexity index is 582. The van der Waals surface area contributed by atoms with Gasteiger partial charge in [-0.15, -0.1) is 0 Å². The summed E-state index contributed by atoms with van der Waals surface area (Å²) in [7, 11) is 0. The third-order valence-corrected chi connectivity index (χ3v) is 3.01. The molecule has 1 aromatic carbocycles. The van der Waals surface area contributed by atoms with Gasteiger partial charge in [0.15, 0.2) is 0 Å². The Morgan fingerprint density at radius 1 is 1.44 bits per heavy atom. The predicted molar refractivity (Wildman–Crippen MR) is 64.3 cm³/mol. The monoisotopic (exact) mass is 273 g/mol. The quantitative estimate of drug-likeness (QED) is 0.893. The number of carboxylic acids is 1. The van der Waals surface area contributed by atoms with Crippen molar-refractivity contribution in [2.75, 3.05) is 0 Å². The molecule has 0 aliphatic heterocycles. The number of hydrogen-bond acceptors (Lipinski definition) is 1. The molecule has 3 nitrogen and oxygen atoms in total. The minimum atomic E-state index is -2.73. The molecule has 96 valence electrons. The van der Waals surface area contributed by atoms with Crippen LogP contribution in [0, 0.1) is 0 Å². The van der Waals surface area contributed by atoms with Gasteiger partial charge < -0.3 is 10.1 Å². The molecule has 0 spiro atoms. The van der Waals surface area contributed by atoms with Crippen LogP contribution in [-0.2, 0) is 4.79 Å². The summed E-state index contributed by atoms with van der Waals surface area (Å²) >= 11 is 5.79. The molecule has 1 aromatic heterocycles. The molecular formula is C12H10ClF2NO2. The van der Waals surface area contributed by atoms with E-state index in [1.807, 2.05) is 0 Å². The van der Waals surface area contributed by atoms with Crippen molar-refractivity contribution in [1.82, 2.24) is 4.98 Å². The van der Waals surface area contributed by atoms with Crippen LogP contribution in [0.1, 0.15) is 17.9 Å². The minimum absolute atomic E-state index is 0.305. The zero-order valence-corrected chi connectivity index (χ0v) is 9.92. The van der Waals surface area contributed by atoms with Gasteiger partial charge in [0.25, 0.3) is 0 Å². The third kappa shape index (κ3) is 2.46. The van der Waals surface area contributed by atoms with Gasteiger partial charge in [-0.1, -0.05) is 17.7 Å². The number of aliphatic carboxylic acids is 1. The number of benzene rings is 1. The number of carboxylic acid groups (broad SMARTS) is 1. The van der Waals surface area contributed by atoms with Crippen molar-refractivity contribution in [1.29, 1.82) is 0 Å². The molecule has 2 N–H and O–H groups in total. The summed E-state index contributed by atoms with van der Waals surface area (Å²) in [6.07, 6.45) is -1.91. The van der Waals surface area contributed by atoms with E-state index in [1.165, 1.54) is 6.20 Å². The van der Waals surface area contributed by atoms with Crippen LogP contribution in [0.2, 0.25) is 5.02 Å². The summed E-state index contributed by atoms with van der Waals surface area (Å²) < 4.78 is 25.9. The lowest BCUT2D eigenvalue weighted by atomic mass is 9.96. The zero-order chi connectivity index (χ0) is 13.3. The van der Waals surface area contributed by atoms with Gasteiger partial charge in [-0.05, 0) is 17.7 Å². The van der Waals surface area contributed by atoms with Gasteiger partial charge in [-0.25, -0.2) is 8.78 Å². The van der Waals surface area contributed by atoms with Crippen molar-refractivity contribution >= 4 is 28.5 Å². The topological polar surface area (TPSA) is 53.1 Å². The highest BCUT2D eigenvalue weighted by atomic mass is 35.5. The molecule has 0 saturated carbocycles. The van der Waals surface area contributed by atoms with Crippen LogP contribution in [0.5, 0.6) is 0 Å². The number of alkyl halides is 2. The molecule has 2 rings (SSSR count). The number of nitrogens with one attached hydrogen (secondary N) is 1. The van der Waals surface area contributed by atoms with E-state index < -0.39 is 24.7 Å². The van der Waals surface area contributed by atoms with Gasteiger partial charge in [0.2, 0.25) is 6.43 Å². The van der Waals surface area contributed by atoms with Gasteiger partial charge in [0.05, 0.1) is 12.3 Å². The number of halogens is 3. The van der Waals surface area contributed by atoms with Crippen molar-refractivity contribution in [2.24, 2.45) is 0 Å². The number of carbonyl (C=O) groups is 1. The lowest BCUT2D eigenvalue weighted by Crippen LogP contribution is -2.13. The van der Waals surface area contributed by atoms with Crippen LogP contribution in [0.15, 0.2) is 24.4 Å². The fraction of sp³-hybridized carbons (Fsp3) is 0.250. The van der Waals surface area contributed by atoms with E-state index in [2.05, 4.69) is 4.98 Å². The Kier molecular flexibility index (Phi) is 3.52. The van der Waals surface area contributed by atoms with Crippen LogP contribution >= 0.6 is 11.6 Å². The number of hydrogen-bond donors (Lipinski definition) is 2. The Morgan fingerprint density at radius 3 is 2.78 bits per heavy atom. The standard InChI is InChI=1S/C12H10ClF2NO2/c13-6-1-2-7-9(5-16-10(7)3-6)8(12(14)15)4-11(17)18/h1-3,5,8,12,16H,4H2,(H,17,18). The third-order valence-electron chi connectivity index (χ3n) is 2.77. The second-order valence-electron chi connectivity index (χ2n) is 3.97. The highest BCUT2D eigenvalue weighted by Crippen LogP contribution is 2.33. The van der Waals surface area contributed by atoms with E-state index in [-0.39, 0.29) is 0 Å². The molecular weight excluding hydrogens is 264 g/mol. The summed E-state index contributed by atoms with van der Waals surface area (Å²) in [5.41, 5.74) is 0.924. The van der Waals surface area contributed by atoms with Crippen molar-refractivity contribution in [3.05, 3.63) is 35.0 Å². The molecule has 0 fully saturated rings. The molecule has 0 aliphatic carbocycles. The summed E-state index contributed by atoms with van der Waals surface area (Å²) in [6, 6.07) is 4.81. The smallest absolute Gasteiger partial charge is 0.304 e. The Hall–Kier alpha value is -1.62. The Morgan fingerprint density at radius 2 is 2.17 bits per heavy atom. The lowest BCUT2D eigenvalue weighted by Gasteiger charge is -2.12. The molecule has 0 radical (unpaired) electrons. The molecule has 0 saturated heterocycles. The first-order valence-corrected chi connectivity index (χ1v) is 5.63. The molecule has 0 amide bonds. The maximum absolute atomic E-state index is 12.9. The maximum atomic E-state index is 12.9. The summed E-state index contributed by atoms with van der Waals surface area (Å²) in [5.74, 6) is -2.57. The first-order chi connectivity index (χ1) is 8.49. The Labute approximate surface area is 106 Å². The summed E-state index contributed by atoms with van der Waals surface area (Å²) in [5, 5.41) is 9.75. The lowest BCUT2D eigenvalue weighted by molar-refractivity contribution is -0.138. The normalized spacial score (nSPS) is 13.1. The van der Waals surface area contributed by atoms with Crippen LogP contribution in [0.4, 0.5) is 8.78 Å². The van der Waals surface area contributed by atoms with E-state index in [0.29, 0.717) is 21.5 Å². The van der Waals surface area contributed by atoms with Crippen molar-refractivity contribution in [3.63, 3.8) is 0 Å². The number of aromatic amines is 1. The van der Waals surface area contributed by atoms with E-state index in [1.54, 1.807) is 18.2 Å². The van der Waals surface area contributed by atoms with Crippen LogP contribution < -0.4 is 0 Å². The number of H-pyrrole nitrogens is 1. The molecule has 2 aromatic rings. The fourth-order valence-corrected chi connectivity index (χ4v) is 2.12. The van der Waals surface area contributed by atoms with E-state index in [4.69, 9.17) is 16.7 Å². The zero-order valence-electron chi connectivity index (χ0n) is 9.16. The average molecular weight is 274 g/mol. The van der Waals surface area contributed by atoms with Gasteiger partial charge in [0.1, 0.15) is 0 Å². The van der Waals surface area contributed by atoms with Crippen molar-refractivity contribution < 1.29 is 18.7 Å². The minimum Gasteiger partial charge on any atom is -0.481 e. The van der Waals surface area contributed by atoms with Gasteiger partial charge in [-0.2, -0.15) is 0 Å². The second kappa shape index (κ2) is 4.94. The molecule has 1 unspecified atom stereocenters. The SMILES string of the molecule is O=C(O)CC(c1c[nH]c2cc(Cl)ccc12)C(F)F. The van der Waals surface area contributed by atoms with E-state index in [0.717, 1.165) is 0 Å². The highest BCUT2D eigenvalue weighted by Gasteiger charge is 2.27. The maximum Gasteiger partial charge on any atom is 0.304 e. The average Bonchev–Trinajstić information content (AvgIpc) is 2.67. The molecule has 0 bridgehead atoms. The first kappa shape index (κ1) is 12.8. The van der Waals surface area contributed by atoms with Crippen LogP contribution in [0.25, 0.3) is 10.9 Å². The van der Waals surface area contributed by atoms with Gasteiger partial charge in [-0.3, -0.25) is 4.79 Å². The van der Waals surface area contributed by atoms with Crippen LogP contribution in [-0.4, -0.2) is 22.5 Å². The van der Waals surface area contributed by atoms with Crippen molar-refractivity contribution in [3.8, 4) is 0 Å². The molecule has 18 heavy (non-hydrogen) atoms. The second-order valence-corrected chi connectivity index (χ2v) is 4.41. The number of fused-ring (bicyclic) bond motifs is 1. The molecule has 0 aliphatic rings. The summed E-state index contributed by atoms with van der Waals surface area (Å²) in [6.45, 7) is 0. The van der Waals surface area contributed by atoms with E-state index >= 15 is 0 Å².